The van der Waals surface area contributed by atoms with Crippen molar-refractivity contribution in [1.29, 1.82) is 0 Å². The third-order valence-corrected chi connectivity index (χ3v) is 3.35. The molecule has 1 aromatic heterocycles. The highest BCUT2D eigenvalue weighted by atomic mass is 32.1. The van der Waals surface area contributed by atoms with Gasteiger partial charge < -0.3 is 4.90 Å². The van der Waals surface area contributed by atoms with E-state index in [1.807, 2.05) is 13.8 Å². The van der Waals surface area contributed by atoms with Gasteiger partial charge in [-0.3, -0.25) is 9.69 Å². The van der Waals surface area contributed by atoms with Crippen molar-refractivity contribution >= 4 is 23.3 Å². The number of rotatable bonds is 3. The molecule has 0 saturated carbocycles. The second-order valence-electron chi connectivity index (χ2n) is 4.13. The van der Waals surface area contributed by atoms with Gasteiger partial charge in [-0.25, -0.2) is 4.79 Å². The molecule has 1 fully saturated rings. The summed E-state index contributed by atoms with van der Waals surface area (Å²) in [5.41, 5.74) is 1.59. The molecule has 2 rings (SSSR count). The van der Waals surface area contributed by atoms with Crippen LogP contribution < -0.4 is 0 Å². The molecule has 2 heterocycles. The number of imide groups is 1. The van der Waals surface area contributed by atoms with Crippen LogP contribution in [0.5, 0.6) is 0 Å². The van der Waals surface area contributed by atoms with Crippen LogP contribution in [0, 0.1) is 0 Å². The lowest BCUT2D eigenvalue weighted by Gasteiger charge is -2.36. The number of aromatic nitrogens is 2. The van der Waals surface area contributed by atoms with Gasteiger partial charge in [-0.1, -0.05) is 0 Å². The molecule has 0 spiro atoms. The first-order valence-corrected chi connectivity index (χ1v) is 6.33. The lowest BCUT2D eigenvalue weighted by molar-refractivity contribution is -0.131. The molecule has 1 aliphatic heterocycles. The third kappa shape index (κ3) is 2.44. The van der Waals surface area contributed by atoms with E-state index in [1.54, 1.807) is 10.4 Å². The quantitative estimate of drug-likeness (QED) is 0.810. The van der Waals surface area contributed by atoms with E-state index in [1.165, 1.54) is 16.2 Å². The van der Waals surface area contributed by atoms with Crippen molar-refractivity contribution < 1.29 is 9.59 Å². The lowest BCUT2D eigenvalue weighted by Crippen LogP contribution is -2.53. The zero-order valence-electron chi connectivity index (χ0n) is 9.79. The first-order chi connectivity index (χ1) is 8.09. The summed E-state index contributed by atoms with van der Waals surface area (Å²) >= 11 is 1.34. The van der Waals surface area contributed by atoms with Crippen molar-refractivity contribution in [3.8, 4) is 0 Å². The molecular weight excluding hydrogens is 240 g/mol. The molecule has 0 atom stereocenters. The maximum atomic E-state index is 12.1. The minimum Gasteiger partial charge on any atom is -0.321 e. The molecule has 0 radical (unpaired) electrons. The summed E-state index contributed by atoms with van der Waals surface area (Å²) in [4.78, 5) is 26.8. The Morgan fingerprint density at radius 2 is 2.24 bits per heavy atom. The lowest BCUT2D eigenvalue weighted by atomic mass is 10.2. The van der Waals surface area contributed by atoms with Crippen LogP contribution in [0.2, 0.25) is 0 Å². The summed E-state index contributed by atoms with van der Waals surface area (Å²) < 4.78 is 0. The van der Waals surface area contributed by atoms with Gasteiger partial charge >= 0.3 is 6.03 Å². The van der Waals surface area contributed by atoms with Crippen LogP contribution in [0.4, 0.5) is 4.79 Å². The van der Waals surface area contributed by atoms with Crippen molar-refractivity contribution in [2.45, 2.75) is 32.9 Å². The second-order valence-corrected chi connectivity index (χ2v) is 5.05. The summed E-state index contributed by atoms with van der Waals surface area (Å²) in [5.74, 6) is -0.137. The monoisotopic (exact) mass is 254 g/mol. The summed E-state index contributed by atoms with van der Waals surface area (Å²) in [7, 11) is 0. The van der Waals surface area contributed by atoms with E-state index in [9.17, 15) is 9.59 Å². The highest BCUT2D eigenvalue weighted by molar-refractivity contribution is 7.09. The van der Waals surface area contributed by atoms with Crippen LogP contribution in [0.25, 0.3) is 0 Å². The maximum Gasteiger partial charge on any atom is 0.327 e. The van der Waals surface area contributed by atoms with Crippen molar-refractivity contribution in [2.75, 3.05) is 6.54 Å². The van der Waals surface area contributed by atoms with E-state index in [2.05, 4.69) is 10.2 Å². The van der Waals surface area contributed by atoms with E-state index in [-0.39, 0.29) is 24.5 Å². The van der Waals surface area contributed by atoms with Crippen LogP contribution in [0.3, 0.4) is 0 Å². The molecule has 17 heavy (non-hydrogen) atoms. The van der Waals surface area contributed by atoms with E-state index in [0.717, 1.165) is 0 Å². The van der Waals surface area contributed by atoms with Crippen LogP contribution in [0.1, 0.15) is 25.3 Å². The molecule has 0 aromatic carbocycles. The van der Waals surface area contributed by atoms with Crippen LogP contribution >= 0.6 is 11.3 Å². The first-order valence-electron chi connectivity index (χ1n) is 5.45. The summed E-state index contributed by atoms with van der Waals surface area (Å²) in [5, 5.41) is 8.23. The van der Waals surface area contributed by atoms with Gasteiger partial charge in [-0.15, -0.1) is 21.5 Å². The van der Waals surface area contributed by atoms with E-state index in [4.69, 9.17) is 0 Å². The van der Waals surface area contributed by atoms with Crippen molar-refractivity contribution in [1.82, 2.24) is 20.0 Å². The average molecular weight is 254 g/mol. The molecule has 7 heteroatoms. The summed E-state index contributed by atoms with van der Waals surface area (Å²) in [6, 6.07) is -0.126. The predicted octanol–water partition coefficient (Wildman–Crippen LogP) is 1.10. The molecule has 0 N–H and O–H groups in total. The second kappa shape index (κ2) is 4.79. The van der Waals surface area contributed by atoms with Crippen molar-refractivity contribution in [3.05, 3.63) is 10.5 Å². The topological polar surface area (TPSA) is 66.4 Å². The number of nitrogens with zero attached hydrogens (tertiary/aromatic N) is 4. The molecular formula is C10H14N4O2S. The number of hydrogen-bond donors (Lipinski definition) is 0. The molecule has 92 valence electrons. The Morgan fingerprint density at radius 3 is 2.82 bits per heavy atom. The largest absolute Gasteiger partial charge is 0.327 e. The Bertz CT molecular complexity index is 418. The summed E-state index contributed by atoms with van der Waals surface area (Å²) in [6.07, 6.45) is 0.378. The van der Waals surface area contributed by atoms with Gasteiger partial charge in [0.05, 0.1) is 6.54 Å². The predicted molar refractivity (Wildman–Crippen MR) is 62.3 cm³/mol. The average Bonchev–Trinajstić information content (AvgIpc) is 2.76. The molecule has 0 aliphatic carbocycles. The minimum atomic E-state index is -0.230. The Balaban J connectivity index is 2.13. The third-order valence-electron chi connectivity index (χ3n) is 2.67. The molecule has 1 saturated heterocycles. The van der Waals surface area contributed by atoms with Gasteiger partial charge in [0.1, 0.15) is 10.5 Å². The normalized spacial score (nSPS) is 17.1. The maximum absolute atomic E-state index is 12.1. The smallest absolute Gasteiger partial charge is 0.321 e. The molecule has 3 amide bonds. The highest BCUT2D eigenvalue weighted by Gasteiger charge is 2.33. The Labute approximate surface area is 103 Å². The first kappa shape index (κ1) is 12.0. The number of urea groups is 1. The fourth-order valence-corrected chi connectivity index (χ4v) is 2.26. The van der Waals surface area contributed by atoms with Gasteiger partial charge in [0.25, 0.3) is 0 Å². The number of carbonyl (C=O) groups is 2. The molecule has 1 aromatic rings. The molecule has 1 aliphatic rings. The number of hydrogen-bond acceptors (Lipinski definition) is 5. The molecule has 6 nitrogen and oxygen atoms in total. The number of amides is 3. The van der Waals surface area contributed by atoms with E-state index >= 15 is 0 Å². The van der Waals surface area contributed by atoms with Crippen LogP contribution in [-0.4, -0.2) is 44.5 Å². The Hall–Kier alpha value is -1.50. The van der Waals surface area contributed by atoms with E-state index in [0.29, 0.717) is 18.0 Å². The fraction of sp³-hybridized carbons (Fsp3) is 0.600. The highest BCUT2D eigenvalue weighted by Crippen LogP contribution is 2.17. The zero-order chi connectivity index (χ0) is 12.4. The van der Waals surface area contributed by atoms with E-state index < -0.39 is 0 Å². The Morgan fingerprint density at radius 1 is 1.47 bits per heavy atom. The van der Waals surface area contributed by atoms with Crippen molar-refractivity contribution in [2.24, 2.45) is 0 Å². The van der Waals surface area contributed by atoms with Crippen LogP contribution in [0.15, 0.2) is 5.51 Å². The van der Waals surface area contributed by atoms with Gasteiger partial charge in [0.2, 0.25) is 5.91 Å². The van der Waals surface area contributed by atoms with Gasteiger partial charge in [0.15, 0.2) is 0 Å². The molecule has 0 unspecified atom stereocenters. The molecule has 0 bridgehead atoms. The standard InChI is InChI=1S/C10H14N4O2S/c1-7(2)13-4-3-9(15)14(10(13)16)5-8-12-11-6-17-8/h6-7H,3-5H2,1-2H3. The van der Waals surface area contributed by atoms with Crippen molar-refractivity contribution in [3.63, 3.8) is 0 Å². The minimum absolute atomic E-state index is 0.104. The van der Waals surface area contributed by atoms with Gasteiger partial charge in [-0.2, -0.15) is 0 Å². The SMILES string of the molecule is CC(C)N1CCC(=O)N(Cc2nncs2)C1=O. The van der Waals surface area contributed by atoms with Gasteiger partial charge in [0, 0.05) is 19.0 Å². The Kier molecular flexibility index (Phi) is 3.37. The fourth-order valence-electron chi connectivity index (χ4n) is 1.74. The number of carbonyl (C=O) groups excluding carboxylic acids is 2. The summed E-state index contributed by atoms with van der Waals surface area (Å²) in [6.45, 7) is 4.61. The zero-order valence-corrected chi connectivity index (χ0v) is 10.6. The van der Waals surface area contributed by atoms with Gasteiger partial charge in [-0.05, 0) is 13.8 Å². The van der Waals surface area contributed by atoms with Crippen LogP contribution in [-0.2, 0) is 11.3 Å².